The van der Waals surface area contributed by atoms with Crippen LogP contribution in [0.2, 0.25) is 0 Å². The Balaban J connectivity index is 1.68. The molecule has 8 heteroatoms. The van der Waals surface area contributed by atoms with E-state index in [4.69, 9.17) is 8.92 Å². The van der Waals surface area contributed by atoms with Gasteiger partial charge in [-0.25, -0.2) is 0 Å². The third-order valence-electron chi connectivity index (χ3n) is 5.69. The average molecular weight is 504 g/mol. The van der Waals surface area contributed by atoms with Crippen LogP contribution in [-0.2, 0) is 27.6 Å². The van der Waals surface area contributed by atoms with Crippen LogP contribution in [0.5, 0.6) is 5.75 Å². The quantitative estimate of drug-likeness (QED) is 0.261. The summed E-state index contributed by atoms with van der Waals surface area (Å²) < 4.78 is 39.6. The van der Waals surface area contributed by atoms with E-state index in [1.165, 1.54) is 0 Å². The summed E-state index contributed by atoms with van der Waals surface area (Å²) >= 11 is 0. The van der Waals surface area contributed by atoms with Crippen molar-refractivity contribution >= 4 is 26.9 Å². The van der Waals surface area contributed by atoms with Gasteiger partial charge in [0.15, 0.2) is 0 Å². The topological polar surface area (TPSA) is 93.3 Å². The molecule has 1 N–H and O–H groups in total. The molecule has 3 aromatic carbocycles. The van der Waals surface area contributed by atoms with Gasteiger partial charge >= 0.3 is 10.3 Å². The monoisotopic (exact) mass is 503 g/mol. The molecule has 0 radical (unpaired) electrons. The lowest BCUT2D eigenvalue weighted by molar-refractivity contribution is 0.306. The molecule has 36 heavy (non-hydrogen) atoms. The molecule has 4 rings (SSSR count). The lowest BCUT2D eigenvalue weighted by atomic mass is 10.1. The minimum Gasteiger partial charge on any atom is -0.489 e. The Morgan fingerprint density at radius 1 is 0.972 bits per heavy atom. The number of fused-ring (bicyclic) bond motifs is 1. The number of nitrogens with one attached hydrogen (secondary N) is 1. The number of benzene rings is 3. The predicted octanol–water partition coefficient (Wildman–Crippen LogP) is 6.25. The van der Waals surface area contributed by atoms with E-state index in [-0.39, 0.29) is 6.61 Å². The van der Waals surface area contributed by atoms with Crippen molar-refractivity contribution in [3.05, 3.63) is 83.9 Å². The first kappa shape index (κ1) is 25.3. The molecule has 0 aliphatic carbocycles. The fraction of sp³-hybridized carbons (Fsp3) is 0.250. The summed E-state index contributed by atoms with van der Waals surface area (Å²) in [4.78, 5) is 0. The summed E-state index contributed by atoms with van der Waals surface area (Å²) in [6, 6.07) is 25.1. The summed E-state index contributed by atoms with van der Waals surface area (Å²) in [6.45, 7) is 5.22. The van der Waals surface area contributed by atoms with Crippen LogP contribution in [0, 0.1) is 11.3 Å². The second-order valence-electron chi connectivity index (χ2n) is 8.40. The highest BCUT2D eigenvalue weighted by Gasteiger charge is 2.19. The van der Waals surface area contributed by atoms with Crippen molar-refractivity contribution in [2.45, 2.75) is 39.8 Å². The number of aryl methyl sites for hydroxylation is 1. The van der Waals surface area contributed by atoms with Gasteiger partial charge in [0.1, 0.15) is 18.4 Å². The van der Waals surface area contributed by atoms with Crippen LogP contribution in [0.3, 0.4) is 0 Å². The number of rotatable bonds is 11. The summed E-state index contributed by atoms with van der Waals surface area (Å²) in [5.74, 6) is 0.731. The van der Waals surface area contributed by atoms with Crippen LogP contribution in [0.25, 0.3) is 22.2 Å². The first-order valence-electron chi connectivity index (χ1n) is 12.0. The van der Waals surface area contributed by atoms with Crippen molar-refractivity contribution in [1.29, 1.82) is 5.26 Å². The van der Waals surface area contributed by atoms with Crippen LogP contribution in [-0.4, -0.2) is 19.6 Å². The molecule has 0 saturated carbocycles. The molecular formula is C28H29N3O4S. The smallest absolute Gasteiger partial charge is 0.359 e. The number of nitrogens with zero attached hydrogens (tertiary/aromatic N) is 2. The zero-order valence-electron chi connectivity index (χ0n) is 20.4. The molecule has 0 amide bonds. The van der Waals surface area contributed by atoms with E-state index in [1.54, 1.807) is 12.1 Å². The second-order valence-corrected chi connectivity index (χ2v) is 9.74. The Labute approximate surface area is 212 Å². The van der Waals surface area contributed by atoms with Gasteiger partial charge in [0.25, 0.3) is 0 Å². The van der Waals surface area contributed by atoms with Crippen LogP contribution >= 0.6 is 0 Å². The van der Waals surface area contributed by atoms with Crippen molar-refractivity contribution in [3.63, 3.8) is 0 Å². The zero-order chi connectivity index (χ0) is 25.5. The average Bonchev–Trinajstić information content (AvgIpc) is 3.20. The van der Waals surface area contributed by atoms with E-state index >= 15 is 0 Å². The normalized spacial score (nSPS) is 11.4. The molecule has 4 aromatic rings. The third-order valence-corrected chi connectivity index (χ3v) is 6.65. The van der Waals surface area contributed by atoms with E-state index in [2.05, 4.69) is 22.3 Å². The summed E-state index contributed by atoms with van der Waals surface area (Å²) in [5.41, 5.74) is 4.59. The fourth-order valence-corrected chi connectivity index (χ4v) is 4.96. The molecule has 0 saturated heterocycles. The second kappa shape index (κ2) is 11.3. The van der Waals surface area contributed by atoms with Crippen molar-refractivity contribution in [2.75, 3.05) is 11.3 Å². The maximum absolute atomic E-state index is 12.1. The zero-order valence-corrected chi connectivity index (χ0v) is 21.2. The van der Waals surface area contributed by atoms with E-state index in [9.17, 15) is 13.7 Å². The highest BCUT2D eigenvalue weighted by atomic mass is 32.2. The van der Waals surface area contributed by atoms with Crippen molar-refractivity contribution < 1.29 is 17.3 Å². The fourth-order valence-electron chi connectivity index (χ4n) is 4.09. The molecule has 0 aliphatic rings. The van der Waals surface area contributed by atoms with Gasteiger partial charge in [-0.1, -0.05) is 56.3 Å². The van der Waals surface area contributed by atoms with E-state index in [1.807, 2.05) is 67.6 Å². The number of anilines is 1. The Bertz CT molecular complexity index is 1470. The number of aromatic nitrogens is 1. The van der Waals surface area contributed by atoms with Gasteiger partial charge in [-0.2, -0.15) is 13.7 Å². The molecule has 0 aliphatic heterocycles. The first-order valence-corrected chi connectivity index (χ1v) is 13.4. The minimum atomic E-state index is -3.88. The van der Waals surface area contributed by atoms with Crippen molar-refractivity contribution in [1.82, 2.24) is 4.57 Å². The molecule has 1 aromatic heterocycles. The molecule has 0 unspecified atom stereocenters. The van der Waals surface area contributed by atoms with Gasteiger partial charge in [-0.3, -0.25) is 8.91 Å². The molecule has 0 spiro atoms. The van der Waals surface area contributed by atoms with Crippen LogP contribution in [0.1, 0.15) is 37.8 Å². The number of hydrogen-bond donors (Lipinski definition) is 1. The Morgan fingerprint density at radius 2 is 1.72 bits per heavy atom. The van der Waals surface area contributed by atoms with Crippen LogP contribution in [0.15, 0.2) is 72.8 Å². The van der Waals surface area contributed by atoms with Gasteiger partial charge in [0, 0.05) is 18.0 Å². The molecule has 0 fully saturated rings. The molecule has 1 heterocycles. The summed E-state index contributed by atoms with van der Waals surface area (Å²) in [5, 5.41) is 10.9. The highest BCUT2D eigenvalue weighted by molar-refractivity contribution is 7.88. The van der Waals surface area contributed by atoms with Gasteiger partial charge in [0.2, 0.25) is 0 Å². The SMILES string of the molecule is CCCOS(=O)(=O)Nc1ccc(-c2c(C#N)c3ccc(OCc4ccccc4)cc3n2CCC)cc1. The van der Waals surface area contributed by atoms with Gasteiger partial charge < -0.3 is 9.30 Å². The lowest BCUT2D eigenvalue weighted by Gasteiger charge is -2.12. The summed E-state index contributed by atoms with van der Waals surface area (Å²) in [7, 11) is -3.88. The summed E-state index contributed by atoms with van der Waals surface area (Å²) in [6.07, 6.45) is 1.47. The number of hydrogen-bond acceptors (Lipinski definition) is 5. The number of nitriles is 1. The van der Waals surface area contributed by atoms with E-state index in [0.29, 0.717) is 24.3 Å². The number of ether oxygens (including phenoxy) is 1. The molecule has 0 atom stereocenters. The molecule has 7 nitrogen and oxygen atoms in total. The Kier molecular flexibility index (Phi) is 7.93. The van der Waals surface area contributed by atoms with Crippen molar-refractivity contribution in [2.24, 2.45) is 0 Å². The van der Waals surface area contributed by atoms with Gasteiger partial charge in [-0.05, 0) is 48.2 Å². The standard InChI is InChI=1S/C28H29N3O4S/c1-3-16-31-27-18-24(34-20-21-8-6-5-7-9-21)14-15-25(27)26(19-29)28(31)22-10-12-23(13-11-22)30-36(32,33)35-17-4-2/h5-15,18,30H,3-4,16-17,20H2,1-2H3. The lowest BCUT2D eigenvalue weighted by Crippen LogP contribution is -2.16. The Morgan fingerprint density at radius 3 is 2.39 bits per heavy atom. The minimum absolute atomic E-state index is 0.118. The van der Waals surface area contributed by atoms with E-state index in [0.717, 1.165) is 46.4 Å². The Hall–Kier alpha value is -3.80. The van der Waals surface area contributed by atoms with Crippen LogP contribution < -0.4 is 9.46 Å². The highest BCUT2D eigenvalue weighted by Crippen LogP contribution is 2.36. The van der Waals surface area contributed by atoms with Crippen LogP contribution in [0.4, 0.5) is 5.69 Å². The maximum Gasteiger partial charge on any atom is 0.359 e. The predicted molar refractivity (Wildman–Crippen MR) is 142 cm³/mol. The van der Waals surface area contributed by atoms with Crippen molar-refractivity contribution in [3.8, 4) is 23.1 Å². The maximum atomic E-state index is 12.1. The van der Waals surface area contributed by atoms with Gasteiger partial charge in [-0.15, -0.1) is 0 Å². The third kappa shape index (κ3) is 5.70. The van der Waals surface area contributed by atoms with E-state index < -0.39 is 10.3 Å². The van der Waals surface area contributed by atoms with Gasteiger partial charge in [0.05, 0.1) is 29.1 Å². The molecule has 186 valence electrons. The largest absolute Gasteiger partial charge is 0.489 e. The molecule has 0 bridgehead atoms. The molecular weight excluding hydrogens is 474 g/mol. The first-order chi connectivity index (χ1) is 17.5.